The third-order valence-electron chi connectivity index (χ3n) is 13.2. The van der Waals surface area contributed by atoms with E-state index in [1.807, 2.05) is 0 Å². The minimum absolute atomic E-state index is 0.363. The molecule has 290 valence electrons. The average Bonchev–Trinajstić information content (AvgIpc) is 3.71. The zero-order valence-corrected chi connectivity index (χ0v) is 35.4. The highest BCUT2D eigenvalue weighted by atomic mass is 15.4. The van der Waals surface area contributed by atoms with Crippen LogP contribution in [-0.2, 0) is 0 Å². The topological polar surface area (TPSA) is 29.2 Å². The lowest BCUT2D eigenvalue weighted by molar-refractivity contribution is -0.585. The van der Waals surface area contributed by atoms with E-state index in [-0.39, 0.29) is 0 Å². The smallest absolute Gasteiger partial charge is 0.187 e. The second kappa shape index (κ2) is 13.1. The van der Waals surface area contributed by atoms with E-state index in [0.717, 1.165) is 5.69 Å². The fourth-order valence-electron chi connectivity index (χ4n) is 10.6. The zero-order chi connectivity index (χ0) is 40.4. The van der Waals surface area contributed by atoms with Gasteiger partial charge in [-0.1, -0.05) is 152 Å². The van der Waals surface area contributed by atoms with Crippen molar-refractivity contribution in [3.63, 3.8) is 0 Å². The molecule has 7 aromatic carbocycles. The maximum atomic E-state index is 4.03. The van der Waals surface area contributed by atoms with Crippen molar-refractivity contribution in [3.8, 4) is 27.9 Å². The monoisotopic (exact) mass is 767 g/mol. The molecule has 0 atom stereocenters. The van der Waals surface area contributed by atoms with Gasteiger partial charge >= 0.3 is 0 Å². The van der Waals surface area contributed by atoms with E-state index in [2.05, 4.69) is 208 Å². The molecule has 0 saturated carbocycles. The van der Waals surface area contributed by atoms with Crippen molar-refractivity contribution in [3.05, 3.63) is 156 Å². The van der Waals surface area contributed by atoms with Crippen molar-refractivity contribution in [2.24, 2.45) is 0 Å². The first-order valence-corrected chi connectivity index (χ1v) is 21.6. The van der Waals surface area contributed by atoms with Crippen molar-refractivity contribution in [1.29, 1.82) is 0 Å². The Hall–Kier alpha value is -6.39. The lowest BCUT2D eigenvalue weighted by atomic mass is 9.84. The Bertz CT molecular complexity index is 3390. The van der Waals surface area contributed by atoms with Crippen LogP contribution < -0.4 is 4.52 Å². The SMILES string of the molecule is CC(C)c1cccc(C(C)C)c1-c1ccc2c(c1)c1c3ccccc3c3ccc4c5c3c1n2[nH][n+]1ccc(-c2c(C(C)C)cccc2C(C)C)c(c51)n4-c1ccccc1. The molecule has 0 bridgehead atoms. The molecule has 4 heteroatoms. The Kier molecular flexibility index (Phi) is 7.91. The molecule has 0 fully saturated rings. The van der Waals surface area contributed by atoms with Crippen molar-refractivity contribution < 1.29 is 4.52 Å². The molecule has 1 N–H and O–H groups in total. The molecule has 0 amide bonds. The van der Waals surface area contributed by atoms with Crippen LogP contribution in [0.2, 0.25) is 0 Å². The number of H-pyrrole nitrogens is 1. The van der Waals surface area contributed by atoms with Crippen molar-refractivity contribution >= 4 is 65.3 Å². The summed E-state index contributed by atoms with van der Waals surface area (Å²) in [6.07, 6.45) is 2.28. The van der Waals surface area contributed by atoms with Gasteiger partial charge < -0.3 is 4.57 Å². The summed E-state index contributed by atoms with van der Waals surface area (Å²) in [6, 6.07) is 48.2. The number of aromatic nitrogens is 4. The predicted octanol–water partition coefficient (Wildman–Crippen LogP) is 14.8. The Morgan fingerprint density at radius 1 is 0.458 bits per heavy atom. The molecule has 59 heavy (non-hydrogen) atoms. The number of benzene rings is 7. The molecule has 4 heterocycles. The largest absolute Gasteiger partial charge is 0.305 e. The second-order valence-electron chi connectivity index (χ2n) is 18.0. The van der Waals surface area contributed by atoms with Crippen LogP contribution in [-0.4, -0.2) is 14.3 Å². The van der Waals surface area contributed by atoms with E-state index in [4.69, 9.17) is 0 Å². The lowest BCUT2D eigenvalue weighted by Crippen LogP contribution is -2.27. The molecule has 0 aliphatic heterocycles. The summed E-state index contributed by atoms with van der Waals surface area (Å²) >= 11 is 0. The summed E-state index contributed by atoms with van der Waals surface area (Å²) in [4.78, 5) is 0. The highest BCUT2D eigenvalue weighted by molar-refractivity contribution is 6.38. The van der Waals surface area contributed by atoms with Gasteiger partial charge in [-0.15, -0.1) is 9.03 Å². The van der Waals surface area contributed by atoms with Gasteiger partial charge in [-0.3, -0.25) is 0 Å². The van der Waals surface area contributed by atoms with Crippen molar-refractivity contribution in [1.82, 2.24) is 14.3 Å². The third-order valence-corrected chi connectivity index (χ3v) is 13.2. The molecule has 0 radical (unpaired) electrons. The number of para-hydroxylation sites is 1. The van der Waals surface area contributed by atoms with Gasteiger partial charge in [-0.25, -0.2) is 0 Å². The number of fused-ring (bicyclic) bond motifs is 6. The van der Waals surface area contributed by atoms with Gasteiger partial charge in [-0.05, 0) is 115 Å². The van der Waals surface area contributed by atoms with Gasteiger partial charge in [0.2, 0.25) is 0 Å². The molecule has 0 spiro atoms. The number of hydrogen-bond donors (Lipinski definition) is 1. The minimum Gasteiger partial charge on any atom is -0.305 e. The molecule has 0 unspecified atom stereocenters. The predicted molar refractivity (Wildman–Crippen MR) is 250 cm³/mol. The molecule has 0 aliphatic carbocycles. The fourth-order valence-corrected chi connectivity index (χ4v) is 10.6. The van der Waals surface area contributed by atoms with E-state index < -0.39 is 0 Å². The normalized spacial score (nSPS) is 12.7. The van der Waals surface area contributed by atoms with Gasteiger partial charge in [-0.2, -0.15) is 0 Å². The van der Waals surface area contributed by atoms with Crippen molar-refractivity contribution in [2.75, 3.05) is 0 Å². The first-order valence-electron chi connectivity index (χ1n) is 21.6. The van der Waals surface area contributed by atoms with E-state index in [1.54, 1.807) is 0 Å². The summed E-state index contributed by atoms with van der Waals surface area (Å²) in [5.74, 6) is 1.54. The summed E-state index contributed by atoms with van der Waals surface area (Å²) < 4.78 is 7.22. The van der Waals surface area contributed by atoms with Gasteiger partial charge in [0.05, 0.1) is 10.9 Å². The summed E-state index contributed by atoms with van der Waals surface area (Å²) in [7, 11) is 0. The quantitative estimate of drug-likeness (QED) is 0.124. The standard InChI is InChI=1S/C55H51N4/c1-31(2)37-20-14-21-38(32(3)4)48(37)35-24-26-46-45(30-35)50-42-19-13-12-18-41(42)43-25-27-47-52-51(43)54(50)59(46)56-57-29-28-44(49-39(33(5)6)22-15-23-40(49)34(7)8)53(55(52)57)58(47)36-16-10-9-11-17-36/h9-34,56H,1-8H3/q+1. The zero-order valence-electron chi connectivity index (χ0n) is 35.4. The van der Waals surface area contributed by atoms with Gasteiger partial charge in [0.1, 0.15) is 11.7 Å². The second-order valence-corrected chi connectivity index (χ2v) is 18.0. The molecule has 4 nitrogen and oxygen atoms in total. The Balaban J connectivity index is 1.38. The average molecular weight is 768 g/mol. The lowest BCUT2D eigenvalue weighted by Gasteiger charge is -2.21. The van der Waals surface area contributed by atoms with Crippen LogP contribution in [0.3, 0.4) is 0 Å². The Morgan fingerprint density at radius 2 is 1.03 bits per heavy atom. The molecule has 0 saturated heterocycles. The van der Waals surface area contributed by atoms with Crippen LogP contribution in [0.5, 0.6) is 0 Å². The van der Waals surface area contributed by atoms with Gasteiger partial charge in [0.25, 0.3) is 0 Å². The molecule has 0 aliphatic rings. The number of aromatic amines is 1. The van der Waals surface area contributed by atoms with Crippen LogP contribution >= 0.6 is 0 Å². The number of nitrogens with zero attached hydrogens (tertiary/aromatic N) is 3. The van der Waals surface area contributed by atoms with E-state index in [1.165, 1.54) is 110 Å². The number of nitrogens with one attached hydrogen (secondary N) is 1. The van der Waals surface area contributed by atoms with Crippen LogP contribution in [0.25, 0.3) is 93.2 Å². The Morgan fingerprint density at radius 3 is 1.68 bits per heavy atom. The van der Waals surface area contributed by atoms with E-state index in [0.29, 0.717) is 23.7 Å². The molecule has 11 aromatic rings. The maximum Gasteiger partial charge on any atom is 0.187 e. The first kappa shape index (κ1) is 35.7. The Labute approximate surface area is 345 Å². The van der Waals surface area contributed by atoms with Crippen LogP contribution in [0.1, 0.15) is 101 Å². The van der Waals surface area contributed by atoms with Gasteiger partial charge in [0.15, 0.2) is 16.6 Å². The van der Waals surface area contributed by atoms with Gasteiger partial charge in [0, 0.05) is 27.4 Å². The highest BCUT2D eigenvalue weighted by Crippen LogP contribution is 2.49. The molecule has 4 aromatic heterocycles. The number of pyridine rings is 1. The van der Waals surface area contributed by atoms with Crippen LogP contribution in [0.15, 0.2) is 134 Å². The molecule has 11 rings (SSSR count). The fraction of sp³-hybridized carbons (Fsp3) is 0.218. The number of hydrogen-bond acceptors (Lipinski definition) is 0. The van der Waals surface area contributed by atoms with E-state index in [9.17, 15) is 0 Å². The maximum absolute atomic E-state index is 4.03. The summed E-state index contributed by atoms with van der Waals surface area (Å²) in [5, 5.41) is 13.0. The highest BCUT2D eigenvalue weighted by Gasteiger charge is 2.31. The van der Waals surface area contributed by atoms with Crippen LogP contribution in [0, 0.1) is 0 Å². The molecular formula is C55H51N4+. The van der Waals surface area contributed by atoms with Crippen molar-refractivity contribution in [2.45, 2.75) is 79.1 Å². The van der Waals surface area contributed by atoms with Crippen LogP contribution in [0.4, 0.5) is 0 Å². The summed E-state index contributed by atoms with van der Waals surface area (Å²) in [5.41, 5.74) is 18.0. The first-order chi connectivity index (χ1) is 28.6. The minimum atomic E-state index is 0.363. The molecular weight excluding hydrogens is 717 g/mol. The summed E-state index contributed by atoms with van der Waals surface area (Å²) in [6.45, 7) is 18.6. The number of rotatable bonds is 7. The third kappa shape index (κ3) is 4.99. The van der Waals surface area contributed by atoms with E-state index >= 15 is 0 Å².